The standard InChI is InChI=1S/C9H13N3O4/c1-5(2)7(9(13)14)8-6(12(15)16)4-10-11(8)3/h4-5,7H,1-3H3,(H,13,14). The van der Waals surface area contributed by atoms with Gasteiger partial charge in [0.2, 0.25) is 0 Å². The van der Waals surface area contributed by atoms with Crippen LogP contribution < -0.4 is 0 Å². The van der Waals surface area contributed by atoms with Crippen LogP contribution in [0.2, 0.25) is 0 Å². The van der Waals surface area contributed by atoms with E-state index in [-0.39, 0.29) is 17.3 Å². The summed E-state index contributed by atoms with van der Waals surface area (Å²) in [5.74, 6) is -2.25. The van der Waals surface area contributed by atoms with Crippen molar-refractivity contribution in [2.45, 2.75) is 19.8 Å². The highest BCUT2D eigenvalue weighted by Crippen LogP contribution is 2.31. The van der Waals surface area contributed by atoms with E-state index in [0.717, 1.165) is 6.20 Å². The number of nitrogens with zero attached hydrogens (tertiary/aromatic N) is 3. The van der Waals surface area contributed by atoms with Crippen LogP contribution in [0, 0.1) is 16.0 Å². The van der Waals surface area contributed by atoms with Gasteiger partial charge >= 0.3 is 11.7 Å². The predicted molar refractivity (Wildman–Crippen MR) is 55.1 cm³/mol. The van der Waals surface area contributed by atoms with Crippen molar-refractivity contribution < 1.29 is 14.8 Å². The van der Waals surface area contributed by atoms with Crippen molar-refractivity contribution >= 4 is 11.7 Å². The van der Waals surface area contributed by atoms with Crippen LogP contribution in [0.3, 0.4) is 0 Å². The molecule has 1 aromatic rings. The number of carbonyl (C=O) groups is 1. The minimum atomic E-state index is -1.08. The summed E-state index contributed by atoms with van der Waals surface area (Å²) in [6.45, 7) is 3.41. The zero-order valence-corrected chi connectivity index (χ0v) is 9.25. The maximum Gasteiger partial charge on any atom is 0.313 e. The Morgan fingerprint density at radius 2 is 2.19 bits per heavy atom. The number of aliphatic carboxylic acids is 1. The van der Waals surface area contributed by atoms with Gasteiger partial charge in [-0.1, -0.05) is 13.8 Å². The Hall–Kier alpha value is -1.92. The lowest BCUT2D eigenvalue weighted by Gasteiger charge is -2.15. The molecule has 0 aliphatic carbocycles. The molecule has 1 rings (SSSR count). The molecule has 0 aliphatic rings. The molecule has 1 heterocycles. The van der Waals surface area contributed by atoms with Gasteiger partial charge in [0.25, 0.3) is 0 Å². The quantitative estimate of drug-likeness (QED) is 0.614. The van der Waals surface area contributed by atoms with Crippen LogP contribution in [-0.2, 0) is 11.8 Å². The Bertz CT molecular complexity index is 424. The van der Waals surface area contributed by atoms with Gasteiger partial charge in [-0.2, -0.15) is 5.10 Å². The van der Waals surface area contributed by atoms with Crippen molar-refractivity contribution in [3.63, 3.8) is 0 Å². The van der Waals surface area contributed by atoms with Crippen LogP contribution in [-0.4, -0.2) is 25.8 Å². The van der Waals surface area contributed by atoms with E-state index in [1.165, 1.54) is 11.7 Å². The molecule has 16 heavy (non-hydrogen) atoms. The highest BCUT2D eigenvalue weighted by molar-refractivity contribution is 5.77. The van der Waals surface area contributed by atoms with E-state index in [1.807, 2.05) is 0 Å². The number of carboxylic acid groups (broad SMARTS) is 1. The lowest BCUT2D eigenvalue weighted by Crippen LogP contribution is -2.21. The Morgan fingerprint density at radius 3 is 2.56 bits per heavy atom. The molecule has 0 spiro atoms. The van der Waals surface area contributed by atoms with Gasteiger partial charge in [0.15, 0.2) is 0 Å². The van der Waals surface area contributed by atoms with Crippen LogP contribution in [0.25, 0.3) is 0 Å². The molecule has 0 amide bonds. The SMILES string of the molecule is CC(C)C(C(=O)O)c1c([N+](=O)[O-])cnn1C. The Labute approximate surface area is 91.8 Å². The summed E-state index contributed by atoms with van der Waals surface area (Å²) in [6.07, 6.45) is 1.08. The summed E-state index contributed by atoms with van der Waals surface area (Å²) < 4.78 is 1.25. The normalized spacial score (nSPS) is 12.8. The molecule has 0 aliphatic heterocycles. The second kappa shape index (κ2) is 4.30. The second-order valence-corrected chi connectivity index (χ2v) is 3.86. The fraction of sp³-hybridized carbons (Fsp3) is 0.556. The third-order valence-corrected chi connectivity index (χ3v) is 2.39. The average molecular weight is 227 g/mol. The molecular formula is C9H13N3O4. The largest absolute Gasteiger partial charge is 0.481 e. The van der Waals surface area contributed by atoms with Gasteiger partial charge in [-0.3, -0.25) is 19.6 Å². The van der Waals surface area contributed by atoms with Gasteiger partial charge in [0, 0.05) is 7.05 Å². The van der Waals surface area contributed by atoms with Crippen molar-refractivity contribution in [2.24, 2.45) is 13.0 Å². The van der Waals surface area contributed by atoms with Gasteiger partial charge in [0.1, 0.15) is 17.8 Å². The fourth-order valence-corrected chi connectivity index (χ4v) is 1.65. The topological polar surface area (TPSA) is 98.3 Å². The minimum Gasteiger partial charge on any atom is -0.481 e. The van der Waals surface area contributed by atoms with Crippen LogP contribution >= 0.6 is 0 Å². The lowest BCUT2D eigenvalue weighted by molar-refractivity contribution is -0.385. The summed E-state index contributed by atoms with van der Waals surface area (Å²) in [4.78, 5) is 21.2. The smallest absolute Gasteiger partial charge is 0.313 e. The molecule has 7 nitrogen and oxygen atoms in total. The molecule has 0 aromatic carbocycles. The number of carboxylic acids is 1. The van der Waals surface area contributed by atoms with Gasteiger partial charge in [-0.15, -0.1) is 0 Å². The van der Waals surface area contributed by atoms with Gasteiger partial charge in [-0.05, 0) is 5.92 Å². The first-order valence-electron chi connectivity index (χ1n) is 4.75. The van der Waals surface area contributed by atoms with Gasteiger partial charge in [-0.25, -0.2) is 0 Å². The van der Waals surface area contributed by atoms with E-state index in [2.05, 4.69) is 5.10 Å². The molecule has 1 aromatic heterocycles. The maximum atomic E-state index is 11.1. The average Bonchev–Trinajstić information content (AvgIpc) is 2.47. The summed E-state index contributed by atoms with van der Waals surface area (Å²) in [7, 11) is 1.50. The van der Waals surface area contributed by atoms with Crippen molar-refractivity contribution in [1.82, 2.24) is 9.78 Å². The minimum absolute atomic E-state index is 0.132. The number of hydrogen-bond donors (Lipinski definition) is 1. The third kappa shape index (κ3) is 2.02. The monoisotopic (exact) mass is 227 g/mol. The fourth-order valence-electron chi connectivity index (χ4n) is 1.65. The first-order chi connectivity index (χ1) is 7.36. The highest BCUT2D eigenvalue weighted by atomic mass is 16.6. The first kappa shape index (κ1) is 12.2. The number of nitro groups is 1. The molecule has 0 fully saturated rings. The molecule has 0 bridgehead atoms. The molecule has 0 saturated heterocycles. The molecule has 1 unspecified atom stereocenters. The van der Waals surface area contributed by atoms with Crippen molar-refractivity contribution in [1.29, 1.82) is 0 Å². The second-order valence-electron chi connectivity index (χ2n) is 3.86. The molecule has 0 saturated carbocycles. The summed E-state index contributed by atoms with van der Waals surface area (Å²) in [6, 6.07) is 0. The van der Waals surface area contributed by atoms with Gasteiger partial charge in [0.05, 0.1) is 4.92 Å². The number of aryl methyl sites for hydroxylation is 1. The zero-order valence-electron chi connectivity index (χ0n) is 9.25. The van der Waals surface area contributed by atoms with E-state index in [9.17, 15) is 14.9 Å². The lowest BCUT2D eigenvalue weighted by atomic mass is 9.92. The molecule has 88 valence electrons. The Kier molecular flexibility index (Phi) is 3.26. The summed E-state index contributed by atoms with van der Waals surface area (Å²) in [5, 5.41) is 23.6. The Morgan fingerprint density at radius 1 is 1.62 bits per heavy atom. The van der Waals surface area contributed by atoms with E-state index >= 15 is 0 Å². The zero-order chi connectivity index (χ0) is 12.5. The van der Waals surface area contributed by atoms with Crippen molar-refractivity contribution in [3.05, 3.63) is 22.0 Å². The summed E-state index contributed by atoms with van der Waals surface area (Å²) in [5.41, 5.74) is -0.115. The van der Waals surface area contributed by atoms with Crippen molar-refractivity contribution in [3.8, 4) is 0 Å². The first-order valence-corrected chi connectivity index (χ1v) is 4.75. The predicted octanol–water partition coefficient (Wildman–Crippen LogP) is 1.15. The number of rotatable bonds is 4. The highest BCUT2D eigenvalue weighted by Gasteiger charge is 2.34. The van der Waals surface area contributed by atoms with Crippen molar-refractivity contribution in [2.75, 3.05) is 0 Å². The number of aromatic nitrogens is 2. The van der Waals surface area contributed by atoms with Gasteiger partial charge < -0.3 is 5.11 Å². The Balaban J connectivity index is 3.33. The molecule has 7 heteroatoms. The van der Waals surface area contributed by atoms with Crippen LogP contribution in [0.15, 0.2) is 6.20 Å². The van der Waals surface area contributed by atoms with Crippen LogP contribution in [0.5, 0.6) is 0 Å². The third-order valence-electron chi connectivity index (χ3n) is 2.39. The van der Waals surface area contributed by atoms with E-state index in [4.69, 9.17) is 5.11 Å². The van der Waals surface area contributed by atoms with E-state index in [1.54, 1.807) is 13.8 Å². The molecule has 1 N–H and O–H groups in total. The van der Waals surface area contributed by atoms with E-state index < -0.39 is 16.8 Å². The molecule has 0 radical (unpaired) electrons. The maximum absolute atomic E-state index is 11.1. The van der Waals surface area contributed by atoms with Crippen LogP contribution in [0.4, 0.5) is 5.69 Å². The number of hydrogen-bond acceptors (Lipinski definition) is 4. The van der Waals surface area contributed by atoms with Crippen LogP contribution in [0.1, 0.15) is 25.5 Å². The summed E-state index contributed by atoms with van der Waals surface area (Å²) >= 11 is 0. The van der Waals surface area contributed by atoms with E-state index in [0.29, 0.717) is 0 Å². The molecular weight excluding hydrogens is 214 g/mol. The molecule has 1 atom stereocenters.